The van der Waals surface area contributed by atoms with E-state index in [9.17, 15) is 8.78 Å². The quantitative estimate of drug-likeness (QED) is 0.551. The predicted molar refractivity (Wildman–Crippen MR) is 80.7 cm³/mol. The van der Waals surface area contributed by atoms with Gasteiger partial charge in [0, 0.05) is 12.1 Å². The summed E-state index contributed by atoms with van der Waals surface area (Å²) in [6, 6.07) is 4.00. The first kappa shape index (κ1) is 17.1. The van der Waals surface area contributed by atoms with Crippen molar-refractivity contribution in [1.29, 1.82) is 0 Å². The fourth-order valence-electron chi connectivity index (χ4n) is 2.30. The van der Waals surface area contributed by atoms with E-state index in [1.165, 1.54) is 63.1 Å². The minimum Gasteiger partial charge on any atom is -0.312 e. The third-order valence-electron chi connectivity index (χ3n) is 3.57. The van der Waals surface area contributed by atoms with Crippen molar-refractivity contribution >= 4 is 0 Å². The highest BCUT2D eigenvalue weighted by Crippen LogP contribution is 2.12. The van der Waals surface area contributed by atoms with Crippen molar-refractivity contribution in [2.24, 2.45) is 0 Å². The van der Waals surface area contributed by atoms with Crippen molar-refractivity contribution in [2.45, 2.75) is 64.8 Å². The van der Waals surface area contributed by atoms with E-state index < -0.39 is 11.6 Å². The molecule has 20 heavy (non-hydrogen) atoms. The highest BCUT2D eigenvalue weighted by molar-refractivity contribution is 5.19. The van der Waals surface area contributed by atoms with Crippen molar-refractivity contribution in [3.8, 4) is 0 Å². The van der Waals surface area contributed by atoms with E-state index in [2.05, 4.69) is 12.2 Å². The van der Waals surface area contributed by atoms with Crippen LogP contribution in [0.4, 0.5) is 8.78 Å². The number of hydrogen-bond acceptors (Lipinski definition) is 1. The zero-order valence-corrected chi connectivity index (χ0v) is 12.6. The Kier molecular flexibility index (Phi) is 9.22. The lowest BCUT2D eigenvalue weighted by molar-refractivity contribution is 0.521. The average molecular weight is 283 g/mol. The summed E-state index contributed by atoms with van der Waals surface area (Å²) in [4.78, 5) is 0. The van der Waals surface area contributed by atoms with Crippen LogP contribution in [-0.2, 0) is 6.54 Å². The Balaban J connectivity index is 2.00. The van der Waals surface area contributed by atoms with Gasteiger partial charge in [0.15, 0.2) is 0 Å². The Morgan fingerprint density at radius 2 is 1.40 bits per heavy atom. The van der Waals surface area contributed by atoms with Crippen molar-refractivity contribution in [3.05, 3.63) is 35.4 Å². The molecule has 1 rings (SSSR count). The third kappa shape index (κ3) is 6.99. The van der Waals surface area contributed by atoms with E-state index in [0.717, 1.165) is 13.0 Å². The molecule has 0 unspecified atom stereocenters. The van der Waals surface area contributed by atoms with Crippen LogP contribution >= 0.6 is 0 Å². The zero-order chi connectivity index (χ0) is 14.6. The van der Waals surface area contributed by atoms with Gasteiger partial charge in [-0.15, -0.1) is 0 Å². The summed E-state index contributed by atoms with van der Waals surface area (Å²) in [6.07, 6.45) is 10.2. The van der Waals surface area contributed by atoms with E-state index in [1.807, 2.05) is 0 Å². The SMILES string of the molecule is CCCCCCCCCCNCc1c(F)cccc1F. The molecular formula is C17H27F2N. The Morgan fingerprint density at radius 3 is 2.00 bits per heavy atom. The number of unbranched alkanes of at least 4 members (excludes halogenated alkanes) is 7. The van der Waals surface area contributed by atoms with Crippen LogP contribution in [0.2, 0.25) is 0 Å². The van der Waals surface area contributed by atoms with Crippen LogP contribution in [0.5, 0.6) is 0 Å². The largest absolute Gasteiger partial charge is 0.312 e. The van der Waals surface area contributed by atoms with Crippen LogP contribution in [0, 0.1) is 11.6 Å². The molecule has 0 aliphatic heterocycles. The van der Waals surface area contributed by atoms with Crippen LogP contribution in [0.25, 0.3) is 0 Å². The first-order valence-corrected chi connectivity index (χ1v) is 7.89. The maximum absolute atomic E-state index is 13.3. The number of halogens is 2. The Bertz CT molecular complexity index is 346. The van der Waals surface area contributed by atoms with Gasteiger partial charge < -0.3 is 5.32 Å². The Labute approximate surface area is 121 Å². The van der Waals surface area contributed by atoms with E-state index in [4.69, 9.17) is 0 Å². The molecule has 0 bridgehead atoms. The van der Waals surface area contributed by atoms with Gasteiger partial charge in [0.2, 0.25) is 0 Å². The molecule has 0 radical (unpaired) electrons. The molecule has 114 valence electrons. The topological polar surface area (TPSA) is 12.0 Å². The highest BCUT2D eigenvalue weighted by atomic mass is 19.1. The molecule has 1 aromatic rings. The number of rotatable bonds is 11. The summed E-state index contributed by atoms with van der Waals surface area (Å²) in [5, 5.41) is 3.11. The minimum absolute atomic E-state index is 0.145. The van der Waals surface area contributed by atoms with Crippen molar-refractivity contribution in [3.63, 3.8) is 0 Å². The number of hydrogen-bond donors (Lipinski definition) is 1. The monoisotopic (exact) mass is 283 g/mol. The molecule has 0 aliphatic carbocycles. The van der Waals surface area contributed by atoms with Gasteiger partial charge in [0.25, 0.3) is 0 Å². The predicted octanol–water partition coefficient (Wildman–Crippen LogP) is 5.20. The van der Waals surface area contributed by atoms with E-state index in [0.29, 0.717) is 0 Å². The van der Waals surface area contributed by atoms with Gasteiger partial charge in [-0.25, -0.2) is 8.78 Å². The van der Waals surface area contributed by atoms with Gasteiger partial charge in [-0.2, -0.15) is 0 Å². The number of nitrogens with one attached hydrogen (secondary N) is 1. The lowest BCUT2D eigenvalue weighted by atomic mass is 10.1. The molecule has 0 spiro atoms. The first-order chi connectivity index (χ1) is 9.75. The smallest absolute Gasteiger partial charge is 0.130 e. The summed E-state index contributed by atoms with van der Waals surface area (Å²) in [5.41, 5.74) is 0.145. The second-order valence-electron chi connectivity index (χ2n) is 5.35. The van der Waals surface area contributed by atoms with E-state index >= 15 is 0 Å². The maximum Gasteiger partial charge on any atom is 0.130 e. The molecule has 0 heterocycles. The average Bonchev–Trinajstić information content (AvgIpc) is 2.43. The minimum atomic E-state index is -0.464. The molecule has 1 aromatic carbocycles. The summed E-state index contributed by atoms with van der Waals surface area (Å²) < 4.78 is 26.7. The second-order valence-corrected chi connectivity index (χ2v) is 5.35. The molecule has 0 atom stereocenters. The van der Waals surface area contributed by atoms with Crippen LogP contribution in [0.3, 0.4) is 0 Å². The molecule has 0 aliphatic rings. The third-order valence-corrected chi connectivity index (χ3v) is 3.57. The Hall–Kier alpha value is -0.960. The molecule has 1 N–H and O–H groups in total. The molecule has 0 aromatic heterocycles. The molecule has 0 fully saturated rings. The van der Waals surface area contributed by atoms with Gasteiger partial charge in [0.05, 0.1) is 0 Å². The first-order valence-electron chi connectivity index (χ1n) is 7.89. The normalized spacial score (nSPS) is 10.9. The van der Waals surface area contributed by atoms with Crippen LogP contribution in [-0.4, -0.2) is 6.54 Å². The molecule has 0 saturated carbocycles. The van der Waals surface area contributed by atoms with Gasteiger partial charge >= 0.3 is 0 Å². The fourth-order valence-corrected chi connectivity index (χ4v) is 2.30. The summed E-state index contributed by atoms with van der Waals surface area (Å²) >= 11 is 0. The van der Waals surface area contributed by atoms with Crippen molar-refractivity contribution < 1.29 is 8.78 Å². The molecular weight excluding hydrogens is 256 g/mol. The van der Waals surface area contributed by atoms with Gasteiger partial charge in [0.1, 0.15) is 11.6 Å². The van der Waals surface area contributed by atoms with Crippen LogP contribution in [0.1, 0.15) is 63.9 Å². The van der Waals surface area contributed by atoms with Gasteiger partial charge in [-0.1, -0.05) is 57.9 Å². The number of benzene rings is 1. The molecule has 1 nitrogen and oxygen atoms in total. The van der Waals surface area contributed by atoms with Crippen molar-refractivity contribution in [1.82, 2.24) is 5.32 Å². The van der Waals surface area contributed by atoms with E-state index in [-0.39, 0.29) is 12.1 Å². The molecule has 0 saturated heterocycles. The summed E-state index contributed by atoms with van der Waals surface area (Å²) in [6.45, 7) is 3.32. The lowest BCUT2D eigenvalue weighted by Crippen LogP contribution is -2.16. The van der Waals surface area contributed by atoms with Crippen molar-refractivity contribution in [2.75, 3.05) is 6.54 Å². The fraction of sp³-hybridized carbons (Fsp3) is 0.647. The van der Waals surface area contributed by atoms with Gasteiger partial charge in [-0.3, -0.25) is 0 Å². The summed E-state index contributed by atoms with van der Waals surface area (Å²) in [5.74, 6) is -0.929. The zero-order valence-electron chi connectivity index (χ0n) is 12.6. The molecule has 0 amide bonds. The summed E-state index contributed by atoms with van der Waals surface area (Å²) in [7, 11) is 0. The second kappa shape index (κ2) is 10.8. The van der Waals surface area contributed by atoms with E-state index in [1.54, 1.807) is 0 Å². The highest BCUT2D eigenvalue weighted by Gasteiger charge is 2.06. The van der Waals surface area contributed by atoms with Crippen LogP contribution < -0.4 is 5.32 Å². The van der Waals surface area contributed by atoms with Gasteiger partial charge in [-0.05, 0) is 25.1 Å². The van der Waals surface area contributed by atoms with Crippen LogP contribution in [0.15, 0.2) is 18.2 Å². The standard InChI is InChI=1S/C17H27F2N/c1-2-3-4-5-6-7-8-9-13-20-14-15-16(18)11-10-12-17(15)19/h10-12,20H,2-9,13-14H2,1H3. The lowest BCUT2D eigenvalue weighted by Gasteiger charge is -2.07. The Morgan fingerprint density at radius 1 is 0.850 bits per heavy atom. The maximum atomic E-state index is 13.3. The molecule has 3 heteroatoms.